The summed E-state index contributed by atoms with van der Waals surface area (Å²) in [5.74, 6) is -1.75. The minimum Gasteiger partial charge on any atom is -0.457 e. The highest BCUT2D eigenvalue weighted by Gasteiger charge is 2.68. The van der Waals surface area contributed by atoms with Gasteiger partial charge in [-0.2, -0.15) is 0 Å². The van der Waals surface area contributed by atoms with Crippen molar-refractivity contribution in [3.8, 4) is 0 Å². The summed E-state index contributed by atoms with van der Waals surface area (Å²) in [6.45, 7) is 11.3. The summed E-state index contributed by atoms with van der Waals surface area (Å²) in [6.07, 6.45) is 7.09. The van der Waals surface area contributed by atoms with Crippen LogP contribution in [0.3, 0.4) is 0 Å². The number of nitrogens with one attached hydrogen (secondary N) is 1. The third-order valence-corrected chi connectivity index (χ3v) is 8.43. The lowest BCUT2D eigenvalue weighted by atomic mass is 9.51. The summed E-state index contributed by atoms with van der Waals surface area (Å²) >= 11 is 0. The second-order valence-corrected chi connectivity index (χ2v) is 11.3. The molecule has 1 amide bonds. The third-order valence-electron chi connectivity index (χ3n) is 8.43. The van der Waals surface area contributed by atoms with Crippen LogP contribution in [0, 0.1) is 29.1 Å². The van der Waals surface area contributed by atoms with E-state index in [4.69, 9.17) is 4.74 Å². The van der Waals surface area contributed by atoms with Crippen molar-refractivity contribution < 1.29 is 24.5 Å². The molecule has 1 saturated carbocycles. The van der Waals surface area contributed by atoms with Crippen LogP contribution in [-0.4, -0.2) is 45.9 Å². The maximum atomic E-state index is 14.2. The van der Waals surface area contributed by atoms with Gasteiger partial charge in [-0.25, -0.2) is 0 Å². The first-order valence-corrected chi connectivity index (χ1v) is 12.9. The fourth-order valence-electron chi connectivity index (χ4n) is 6.90. The van der Waals surface area contributed by atoms with Gasteiger partial charge in [0.2, 0.25) is 5.91 Å². The molecular weight excluding hydrogens is 454 g/mol. The molecule has 3 aliphatic rings. The Bertz CT molecular complexity index is 1060. The van der Waals surface area contributed by atoms with E-state index in [1.807, 2.05) is 49.4 Å². The van der Waals surface area contributed by atoms with Crippen LogP contribution in [0.4, 0.5) is 0 Å². The lowest BCUT2D eigenvalue weighted by molar-refractivity contribution is -0.166. The first kappa shape index (κ1) is 26.4. The smallest absolute Gasteiger partial charge is 0.303 e. The molecule has 1 aromatic rings. The molecule has 2 fully saturated rings. The van der Waals surface area contributed by atoms with Gasteiger partial charge in [0.15, 0.2) is 0 Å². The number of aliphatic hydroxyl groups is 2. The van der Waals surface area contributed by atoms with Crippen LogP contribution in [0.25, 0.3) is 0 Å². The van der Waals surface area contributed by atoms with Gasteiger partial charge in [-0.05, 0) is 55.2 Å². The minimum atomic E-state index is -1.26. The number of esters is 1. The predicted molar refractivity (Wildman–Crippen MR) is 139 cm³/mol. The van der Waals surface area contributed by atoms with Crippen LogP contribution in [0.2, 0.25) is 0 Å². The first-order chi connectivity index (χ1) is 17.0. The zero-order valence-electron chi connectivity index (χ0n) is 21.7. The van der Waals surface area contributed by atoms with E-state index >= 15 is 0 Å². The largest absolute Gasteiger partial charge is 0.457 e. The Balaban J connectivity index is 1.92. The monoisotopic (exact) mass is 493 g/mol. The topological polar surface area (TPSA) is 95.9 Å². The molecule has 36 heavy (non-hydrogen) atoms. The second-order valence-electron chi connectivity index (χ2n) is 11.3. The highest BCUT2D eigenvalue weighted by atomic mass is 16.5. The molecule has 1 aromatic carbocycles. The molecule has 0 bridgehead atoms. The summed E-state index contributed by atoms with van der Waals surface area (Å²) in [5.41, 5.74) is -0.635. The van der Waals surface area contributed by atoms with Gasteiger partial charge in [-0.1, -0.05) is 69.0 Å². The number of hydrogen-bond acceptors (Lipinski definition) is 5. The maximum absolute atomic E-state index is 14.2. The van der Waals surface area contributed by atoms with Crippen molar-refractivity contribution in [1.82, 2.24) is 5.32 Å². The second kappa shape index (κ2) is 9.98. The molecule has 0 unspecified atom stereocenters. The average Bonchev–Trinajstić information content (AvgIpc) is 3.08. The zero-order chi connectivity index (χ0) is 26.3. The van der Waals surface area contributed by atoms with E-state index in [0.717, 1.165) is 5.56 Å². The van der Waals surface area contributed by atoms with E-state index in [1.165, 1.54) is 6.92 Å². The number of ether oxygens (including phenoxy) is 1. The minimum absolute atomic E-state index is 0.170. The van der Waals surface area contributed by atoms with E-state index in [0.29, 0.717) is 24.8 Å². The summed E-state index contributed by atoms with van der Waals surface area (Å²) in [6, 6.07) is 9.73. The molecule has 1 aliphatic heterocycles. The SMILES string of the molecule is C=C1[C@@H](C)[C@H]2[C@H](Cc3ccccc3)NC(=O)[C@]23[C@H](OC(C)=O)/C=C\[C@](C)(O)C[C@@H](C)C/C=C\[C@H]3[C@@H]1O. The quantitative estimate of drug-likeness (QED) is 0.440. The van der Waals surface area contributed by atoms with Crippen LogP contribution in [-0.2, 0) is 20.7 Å². The Morgan fingerprint density at radius 3 is 2.58 bits per heavy atom. The molecule has 3 N–H and O–H groups in total. The summed E-state index contributed by atoms with van der Waals surface area (Å²) < 4.78 is 5.89. The molecule has 6 heteroatoms. The molecular formula is C30H39NO5. The zero-order valence-corrected chi connectivity index (χ0v) is 21.7. The average molecular weight is 494 g/mol. The van der Waals surface area contributed by atoms with Crippen molar-refractivity contribution in [1.29, 1.82) is 0 Å². The maximum Gasteiger partial charge on any atom is 0.303 e. The fraction of sp³-hybridized carbons (Fsp3) is 0.533. The number of amides is 1. The number of hydrogen-bond donors (Lipinski definition) is 3. The summed E-state index contributed by atoms with van der Waals surface area (Å²) in [7, 11) is 0. The molecule has 1 spiro atoms. The summed E-state index contributed by atoms with van der Waals surface area (Å²) in [4.78, 5) is 26.5. The van der Waals surface area contributed by atoms with Gasteiger partial charge in [0.1, 0.15) is 11.5 Å². The highest BCUT2D eigenvalue weighted by molar-refractivity contribution is 5.89. The Morgan fingerprint density at radius 1 is 1.22 bits per heavy atom. The Kier molecular flexibility index (Phi) is 7.31. The number of carbonyl (C=O) groups excluding carboxylic acids is 2. The Morgan fingerprint density at radius 2 is 1.92 bits per heavy atom. The summed E-state index contributed by atoms with van der Waals surface area (Å²) in [5, 5.41) is 25.8. The van der Waals surface area contributed by atoms with Gasteiger partial charge in [-0.3, -0.25) is 9.59 Å². The van der Waals surface area contributed by atoms with E-state index in [-0.39, 0.29) is 29.7 Å². The van der Waals surface area contributed by atoms with E-state index < -0.39 is 35.1 Å². The molecule has 0 aromatic heterocycles. The van der Waals surface area contributed by atoms with Crippen molar-refractivity contribution in [3.05, 3.63) is 72.4 Å². The number of rotatable bonds is 3. The third kappa shape index (κ3) is 4.69. The standard InChI is InChI=1S/C30H39NO5/c1-18-10-9-13-23-27(33)20(3)19(2)26-24(16-22-11-7-6-8-12-22)31-28(34)30(23,26)25(36-21(4)32)14-15-29(5,35)17-18/h6-9,11-15,18-19,23-27,33,35H,3,10,16-17H2,1-2,4-5H3,(H,31,34)/b13-9-,15-14-/t18-,19+,23-,24-,25+,26-,27+,29-,30+/m0/s1. The fourth-order valence-corrected chi connectivity index (χ4v) is 6.90. The van der Waals surface area contributed by atoms with Gasteiger partial charge >= 0.3 is 5.97 Å². The predicted octanol–water partition coefficient (Wildman–Crippen LogP) is 3.74. The van der Waals surface area contributed by atoms with Gasteiger partial charge in [0.05, 0.1) is 11.7 Å². The molecule has 1 heterocycles. The lowest BCUT2D eigenvalue weighted by Crippen LogP contribution is -2.60. The molecule has 194 valence electrons. The number of aliphatic hydroxyl groups excluding tert-OH is 1. The van der Waals surface area contributed by atoms with Gasteiger partial charge in [-0.15, -0.1) is 0 Å². The van der Waals surface area contributed by atoms with Crippen LogP contribution < -0.4 is 5.32 Å². The van der Waals surface area contributed by atoms with Gasteiger partial charge in [0.25, 0.3) is 0 Å². The number of benzene rings is 1. The highest BCUT2D eigenvalue weighted by Crippen LogP contribution is 2.58. The van der Waals surface area contributed by atoms with Crippen LogP contribution in [0.15, 0.2) is 66.8 Å². The Labute approximate surface area is 214 Å². The van der Waals surface area contributed by atoms with E-state index in [1.54, 1.807) is 19.1 Å². The van der Waals surface area contributed by atoms with Crippen molar-refractivity contribution in [2.24, 2.45) is 29.1 Å². The first-order valence-electron chi connectivity index (χ1n) is 12.9. The number of allylic oxidation sites excluding steroid dienone is 1. The molecule has 4 rings (SSSR count). The molecule has 2 aliphatic carbocycles. The lowest BCUT2D eigenvalue weighted by Gasteiger charge is -2.52. The van der Waals surface area contributed by atoms with Crippen molar-refractivity contribution in [2.45, 2.75) is 70.8 Å². The molecule has 9 atom stereocenters. The van der Waals surface area contributed by atoms with Crippen LogP contribution in [0.1, 0.15) is 46.1 Å². The Hall–Kier alpha value is -2.70. The van der Waals surface area contributed by atoms with Crippen LogP contribution in [0.5, 0.6) is 0 Å². The van der Waals surface area contributed by atoms with Crippen molar-refractivity contribution in [3.63, 3.8) is 0 Å². The normalized spacial score (nSPS) is 42.3. The van der Waals surface area contributed by atoms with Crippen molar-refractivity contribution in [2.75, 3.05) is 0 Å². The molecule has 0 radical (unpaired) electrons. The van der Waals surface area contributed by atoms with E-state index in [9.17, 15) is 19.8 Å². The molecule has 1 saturated heterocycles. The van der Waals surface area contributed by atoms with E-state index in [2.05, 4.69) is 18.8 Å². The number of carbonyl (C=O) groups is 2. The van der Waals surface area contributed by atoms with Gasteiger partial charge in [0, 0.05) is 24.8 Å². The van der Waals surface area contributed by atoms with Crippen molar-refractivity contribution >= 4 is 11.9 Å². The molecule has 6 nitrogen and oxygen atoms in total. The van der Waals surface area contributed by atoms with Crippen LogP contribution >= 0.6 is 0 Å². The van der Waals surface area contributed by atoms with Gasteiger partial charge < -0.3 is 20.3 Å².